The lowest BCUT2D eigenvalue weighted by Crippen LogP contribution is -1.91. The largest absolute Gasteiger partial charge is 0.384 e. The number of anilines is 1. The molecule has 2 heteroatoms. The first kappa shape index (κ1) is 8.76. The molecule has 0 radical (unpaired) electrons. The van der Waals surface area contributed by atoms with Crippen LogP contribution in [0.1, 0.15) is 0 Å². The van der Waals surface area contributed by atoms with E-state index in [2.05, 4.69) is 41.4 Å². The Hall–Kier alpha value is -2.35. The summed E-state index contributed by atoms with van der Waals surface area (Å²) in [4.78, 5) is 4.49. The molecule has 0 atom stereocenters. The first-order valence-corrected chi connectivity index (χ1v) is 5.63. The molecule has 1 aliphatic rings. The molecule has 0 aliphatic heterocycles. The van der Waals surface area contributed by atoms with Crippen molar-refractivity contribution in [2.45, 2.75) is 0 Å². The van der Waals surface area contributed by atoms with Crippen molar-refractivity contribution in [3.05, 3.63) is 48.5 Å². The summed E-state index contributed by atoms with van der Waals surface area (Å²) in [6, 6.07) is 16.6. The average molecular weight is 218 g/mol. The van der Waals surface area contributed by atoms with Crippen LogP contribution in [0.3, 0.4) is 0 Å². The molecule has 0 bridgehead atoms. The van der Waals surface area contributed by atoms with Gasteiger partial charge in [-0.15, -0.1) is 0 Å². The van der Waals surface area contributed by atoms with E-state index in [0.717, 1.165) is 5.69 Å². The van der Waals surface area contributed by atoms with Gasteiger partial charge < -0.3 is 5.73 Å². The van der Waals surface area contributed by atoms with E-state index in [4.69, 9.17) is 5.73 Å². The van der Waals surface area contributed by atoms with Crippen molar-refractivity contribution < 1.29 is 0 Å². The number of hydrogen-bond acceptors (Lipinski definition) is 2. The Labute approximate surface area is 98.7 Å². The molecule has 0 fully saturated rings. The molecule has 1 heterocycles. The summed E-state index contributed by atoms with van der Waals surface area (Å²) >= 11 is 0. The number of hydrogen-bond donors (Lipinski definition) is 1. The first-order valence-electron chi connectivity index (χ1n) is 5.63. The topological polar surface area (TPSA) is 38.9 Å². The Bertz CT molecular complexity index is 760. The van der Waals surface area contributed by atoms with Gasteiger partial charge in [0.1, 0.15) is 5.82 Å². The molecule has 0 amide bonds. The summed E-state index contributed by atoms with van der Waals surface area (Å²) in [5.74, 6) is 0.585. The Morgan fingerprint density at radius 1 is 0.824 bits per heavy atom. The molecule has 0 saturated carbocycles. The van der Waals surface area contributed by atoms with Crippen LogP contribution >= 0.6 is 0 Å². The third-order valence-corrected chi connectivity index (χ3v) is 3.35. The molecule has 2 N–H and O–H groups in total. The SMILES string of the molecule is Nc1cc2cccc3c2c(n1)-c1ccccc1-3. The minimum Gasteiger partial charge on any atom is -0.384 e. The molecule has 4 rings (SSSR count). The molecule has 1 aromatic heterocycles. The zero-order chi connectivity index (χ0) is 11.4. The molecular weight excluding hydrogens is 208 g/mol. The van der Waals surface area contributed by atoms with Crippen molar-refractivity contribution in [3.63, 3.8) is 0 Å². The lowest BCUT2D eigenvalue weighted by molar-refractivity contribution is 1.38. The third kappa shape index (κ3) is 1.02. The van der Waals surface area contributed by atoms with Crippen molar-refractivity contribution in [3.8, 4) is 22.4 Å². The second-order valence-electron chi connectivity index (χ2n) is 4.34. The van der Waals surface area contributed by atoms with Gasteiger partial charge in [0.15, 0.2) is 0 Å². The minimum absolute atomic E-state index is 0.585. The van der Waals surface area contributed by atoms with E-state index in [1.807, 2.05) is 12.1 Å². The standard InChI is InChI=1S/C15H10N2/c16-13-8-9-4-3-7-11-10-5-1-2-6-12(10)15(17-13)14(9)11/h1-8H,(H2,16,17). The number of fused-ring (bicyclic) bond motifs is 3. The molecule has 80 valence electrons. The van der Waals surface area contributed by atoms with E-state index in [-0.39, 0.29) is 0 Å². The van der Waals surface area contributed by atoms with E-state index in [9.17, 15) is 0 Å². The van der Waals surface area contributed by atoms with E-state index < -0.39 is 0 Å². The predicted molar refractivity (Wildman–Crippen MR) is 70.6 cm³/mol. The van der Waals surface area contributed by atoms with Gasteiger partial charge in [-0.05, 0) is 22.6 Å². The summed E-state index contributed by atoms with van der Waals surface area (Å²) in [6.07, 6.45) is 0. The molecule has 17 heavy (non-hydrogen) atoms. The van der Waals surface area contributed by atoms with Gasteiger partial charge in [-0.2, -0.15) is 0 Å². The molecule has 1 aliphatic carbocycles. The lowest BCUT2D eigenvalue weighted by Gasteiger charge is -2.02. The highest BCUT2D eigenvalue weighted by Gasteiger charge is 2.21. The van der Waals surface area contributed by atoms with Crippen molar-refractivity contribution in [1.29, 1.82) is 0 Å². The minimum atomic E-state index is 0.585. The van der Waals surface area contributed by atoms with Crippen LogP contribution in [0.4, 0.5) is 5.82 Å². The summed E-state index contributed by atoms with van der Waals surface area (Å²) in [5, 5.41) is 2.39. The maximum Gasteiger partial charge on any atom is 0.124 e. The van der Waals surface area contributed by atoms with Gasteiger partial charge in [0.05, 0.1) is 5.69 Å². The normalized spacial score (nSPS) is 11.8. The second kappa shape index (κ2) is 2.86. The quantitative estimate of drug-likeness (QED) is 0.491. The summed E-state index contributed by atoms with van der Waals surface area (Å²) < 4.78 is 0. The Morgan fingerprint density at radius 2 is 1.59 bits per heavy atom. The van der Waals surface area contributed by atoms with Gasteiger partial charge in [-0.25, -0.2) is 4.98 Å². The molecule has 0 saturated heterocycles. The summed E-state index contributed by atoms with van der Waals surface area (Å²) in [6.45, 7) is 0. The fourth-order valence-electron chi connectivity index (χ4n) is 2.68. The van der Waals surface area contributed by atoms with E-state index in [1.165, 1.54) is 27.5 Å². The van der Waals surface area contributed by atoms with Crippen LogP contribution in [0.2, 0.25) is 0 Å². The van der Waals surface area contributed by atoms with Crippen LogP contribution in [0.25, 0.3) is 33.2 Å². The second-order valence-corrected chi connectivity index (χ2v) is 4.34. The Balaban J connectivity index is 2.30. The molecule has 2 nitrogen and oxygen atoms in total. The van der Waals surface area contributed by atoms with Crippen LogP contribution in [0.5, 0.6) is 0 Å². The number of aromatic nitrogens is 1. The van der Waals surface area contributed by atoms with Crippen LogP contribution in [0.15, 0.2) is 48.5 Å². The number of nitrogen functional groups attached to an aromatic ring is 1. The van der Waals surface area contributed by atoms with Gasteiger partial charge in [0.25, 0.3) is 0 Å². The number of nitrogens with two attached hydrogens (primary N) is 1. The number of nitrogens with zero attached hydrogens (tertiary/aromatic N) is 1. The van der Waals surface area contributed by atoms with Crippen LogP contribution < -0.4 is 5.73 Å². The number of benzene rings is 2. The van der Waals surface area contributed by atoms with Crippen LogP contribution in [0, 0.1) is 0 Å². The fourth-order valence-corrected chi connectivity index (χ4v) is 2.68. The van der Waals surface area contributed by atoms with Crippen molar-refractivity contribution in [2.24, 2.45) is 0 Å². The van der Waals surface area contributed by atoms with Gasteiger partial charge in [-0.1, -0.05) is 42.5 Å². The molecule has 3 aromatic rings. The zero-order valence-corrected chi connectivity index (χ0v) is 9.14. The van der Waals surface area contributed by atoms with Gasteiger partial charge in [0, 0.05) is 10.9 Å². The third-order valence-electron chi connectivity index (χ3n) is 3.35. The van der Waals surface area contributed by atoms with Crippen molar-refractivity contribution in [2.75, 3.05) is 5.73 Å². The molecule has 2 aromatic carbocycles. The van der Waals surface area contributed by atoms with Crippen molar-refractivity contribution in [1.82, 2.24) is 4.98 Å². The summed E-state index contributed by atoms with van der Waals surface area (Å²) in [5.41, 5.74) is 10.6. The highest BCUT2D eigenvalue weighted by atomic mass is 14.8. The number of pyridine rings is 1. The van der Waals surface area contributed by atoms with E-state index in [0.29, 0.717) is 5.82 Å². The molecule has 0 unspecified atom stereocenters. The van der Waals surface area contributed by atoms with E-state index >= 15 is 0 Å². The maximum atomic E-state index is 5.87. The average Bonchev–Trinajstić information content (AvgIpc) is 2.67. The molecule has 0 spiro atoms. The van der Waals surface area contributed by atoms with Crippen molar-refractivity contribution >= 4 is 16.6 Å². The highest BCUT2D eigenvalue weighted by Crippen LogP contribution is 2.46. The monoisotopic (exact) mass is 218 g/mol. The van der Waals surface area contributed by atoms with E-state index in [1.54, 1.807) is 0 Å². The van der Waals surface area contributed by atoms with Gasteiger partial charge >= 0.3 is 0 Å². The lowest BCUT2D eigenvalue weighted by atomic mass is 10.0. The maximum absolute atomic E-state index is 5.87. The van der Waals surface area contributed by atoms with Gasteiger partial charge in [-0.3, -0.25) is 0 Å². The predicted octanol–water partition coefficient (Wildman–Crippen LogP) is 3.46. The number of rotatable bonds is 0. The first-order chi connectivity index (χ1) is 8.34. The smallest absolute Gasteiger partial charge is 0.124 e. The summed E-state index contributed by atoms with van der Waals surface area (Å²) in [7, 11) is 0. The fraction of sp³-hybridized carbons (Fsp3) is 0. The highest BCUT2D eigenvalue weighted by molar-refractivity contribution is 6.14. The zero-order valence-electron chi connectivity index (χ0n) is 9.14. The molecular formula is C15H10N2. The Morgan fingerprint density at radius 3 is 2.47 bits per heavy atom. The van der Waals surface area contributed by atoms with Crippen LogP contribution in [-0.2, 0) is 0 Å². The van der Waals surface area contributed by atoms with Gasteiger partial charge in [0.2, 0.25) is 0 Å². The Kier molecular flexibility index (Phi) is 1.47. The van der Waals surface area contributed by atoms with Crippen LogP contribution in [-0.4, -0.2) is 4.98 Å².